The Balaban J connectivity index is 1.78. The van der Waals surface area contributed by atoms with Crippen molar-refractivity contribution in [3.63, 3.8) is 0 Å². The maximum atomic E-state index is 13.7. The summed E-state index contributed by atoms with van der Waals surface area (Å²) in [5.74, 6) is -0.531. The van der Waals surface area contributed by atoms with Gasteiger partial charge in [0.25, 0.3) is 15.9 Å². The van der Waals surface area contributed by atoms with Gasteiger partial charge in [0.1, 0.15) is 0 Å². The van der Waals surface area contributed by atoms with Crippen molar-refractivity contribution in [2.45, 2.75) is 43.4 Å². The number of aliphatic hydroxyl groups excluding tert-OH is 2. The summed E-state index contributed by atoms with van der Waals surface area (Å²) >= 11 is 12.1. The summed E-state index contributed by atoms with van der Waals surface area (Å²) in [6.45, 7) is 1.61. The van der Waals surface area contributed by atoms with Gasteiger partial charge in [-0.05, 0) is 61.7 Å². The molecule has 2 atom stereocenters. The van der Waals surface area contributed by atoms with Crippen LogP contribution in [0.3, 0.4) is 0 Å². The van der Waals surface area contributed by atoms with Crippen molar-refractivity contribution in [3.8, 4) is 0 Å². The van der Waals surface area contributed by atoms with Crippen LogP contribution in [0.5, 0.6) is 0 Å². The first-order valence-corrected chi connectivity index (χ1v) is 13.5. The van der Waals surface area contributed by atoms with Gasteiger partial charge in [-0.2, -0.15) is 0 Å². The molecule has 0 aliphatic carbocycles. The molecule has 3 N–H and O–H groups in total. The molecular formula is C26H28Cl2N2O5S. The average molecular weight is 551 g/mol. The molecule has 0 aliphatic rings. The van der Waals surface area contributed by atoms with E-state index in [9.17, 15) is 23.4 Å². The van der Waals surface area contributed by atoms with E-state index < -0.39 is 28.1 Å². The first-order valence-electron chi connectivity index (χ1n) is 11.3. The summed E-state index contributed by atoms with van der Waals surface area (Å²) in [4.78, 5) is 12.4. The fourth-order valence-electron chi connectivity index (χ4n) is 3.81. The number of hydrogen-bond donors (Lipinski definition) is 3. The van der Waals surface area contributed by atoms with Crippen LogP contribution in [-0.4, -0.2) is 37.1 Å². The van der Waals surface area contributed by atoms with E-state index >= 15 is 0 Å². The molecular weight excluding hydrogens is 523 g/mol. The van der Waals surface area contributed by atoms with Gasteiger partial charge in [-0.25, -0.2) is 8.42 Å². The maximum absolute atomic E-state index is 13.7. The van der Waals surface area contributed by atoms with E-state index in [1.165, 1.54) is 34.6 Å². The number of carbonyl (C=O) groups is 1. The third-order valence-corrected chi connectivity index (χ3v) is 8.12. The van der Waals surface area contributed by atoms with Crippen molar-refractivity contribution in [2.24, 2.45) is 0 Å². The largest absolute Gasteiger partial charge is 0.392 e. The average Bonchev–Trinajstić information content (AvgIpc) is 2.87. The number of hydrogen-bond acceptors (Lipinski definition) is 5. The van der Waals surface area contributed by atoms with E-state index in [0.29, 0.717) is 34.0 Å². The van der Waals surface area contributed by atoms with E-state index in [1.54, 1.807) is 49.4 Å². The van der Waals surface area contributed by atoms with Crippen molar-refractivity contribution in [2.75, 3.05) is 10.8 Å². The van der Waals surface area contributed by atoms with Crippen molar-refractivity contribution < 1.29 is 23.4 Å². The van der Waals surface area contributed by atoms with Gasteiger partial charge in [0.05, 0.1) is 17.2 Å². The lowest BCUT2D eigenvalue weighted by atomic mass is 10.1. The quantitative estimate of drug-likeness (QED) is 0.300. The Kier molecular flexibility index (Phi) is 9.76. The zero-order valence-electron chi connectivity index (χ0n) is 19.6. The second kappa shape index (κ2) is 12.6. The molecule has 0 fully saturated rings. The van der Waals surface area contributed by atoms with Crippen LogP contribution in [0.4, 0.5) is 5.69 Å². The fourth-order valence-corrected chi connectivity index (χ4v) is 5.82. The molecule has 0 aliphatic heterocycles. The number of anilines is 1. The third kappa shape index (κ3) is 6.78. The summed E-state index contributed by atoms with van der Waals surface area (Å²) in [5.41, 5.74) is 1.17. The first kappa shape index (κ1) is 28.0. The third-order valence-electron chi connectivity index (χ3n) is 5.69. The van der Waals surface area contributed by atoms with E-state index in [4.69, 9.17) is 23.2 Å². The molecule has 0 radical (unpaired) electrons. The van der Waals surface area contributed by atoms with E-state index in [0.717, 1.165) is 0 Å². The van der Waals surface area contributed by atoms with Gasteiger partial charge in [-0.1, -0.05) is 59.6 Å². The van der Waals surface area contributed by atoms with Crippen LogP contribution in [0.1, 0.15) is 37.0 Å². The van der Waals surface area contributed by atoms with Gasteiger partial charge in [-0.15, -0.1) is 0 Å². The van der Waals surface area contributed by atoms with Gasteiger partial charge < -0.3 is 15.5 Å². The highest BCUT2D eigenvalue weighted by molar-refractivity contribution is 7.92. The lowest BCUT2D eigenvalue weighted by Crippen LogP contribution is -2.40. The molecule has 1 amide bonds. The van der Waals surface area contributed by atoms with Crippen LogP contribution < -0.4 is 9.62 Å². The summed E-state index contributed by atoms with van der Waals surface area (Å²) < 4.78 is 28.7. The number of halogens is 2. The van der Waals surface area contributed by atoms with Gasteiger partial charge in [0.15, 0.2) is 6.10 Å². The first-order chi connectivity index (χ1) is 17.1. The standard InChI is InChI=1S/C26H28Cl2N2O5S/c1-18(6-5-15-29-26(33)25(32)19-7-3-2-4-8-19)30(24-16-22(28)10-9-20(24)17-31)36(34,35)23-13-11-21(27)12-14-23/h2-4,7-14,16,18,25,31-32H,5-6,15,17H2,1H3,(H,29,33)/t18-,25+/m1/s1. The smallest absolute Gasteiger partial charge is 0.264 e. The predicted octanol–water partition coefficient (Wildman–Crippen LogP) is 4.70. The Morgan fingerprint density at radius 1 is 1.00 bits per heavy atom. The van der Waals surface area contributed by atoms with Crippen molar-refractivity contribution in [1.29, 1.82) is 0 Å². The minimum atomic E-state index is -4.04. The molecule has 0 spiro atoms. The summed E-state index contributed by atoms with van der Waals surface area (Å²) in [5, 5.41) is 23.5. The second-order valence-corrected chi connectivity index (χ2v) is 11.0. The van der Waals surface area contributed by atoms with E-state index in [1.807, 2.05) is 0 Å². The molecule has 7 nitrogen and oxygen atoms in total. The fraction of sp³-hybridized carbons (Fsp3) is 0.269. The highest BCUT2D eigenvalue weighted by atomic mass is 35.5. The van der Waals surface area contributed by atoms with Gasteiger partial charge in [-0.3, -0.25) is 9.10 Å². The second-order valence-electron chi connectivity index (χ2n) is 8.28. The number of benzene rings is 3. The number of rotatable bonds is 11. The Bertz CT molecular complexity index is 1270. The molecule has 0 unspecified atom stereocenters. The lowest BCUT2D eigenvalue weighted by Gasteiger charge is -2.32. The molecule has 36 heavy (non-hydrogen) atoms. The monoisotopic (exact) mass is 550 g/mol. The number of nitrogens with one attached hydrogen (secondary N) is 1. The Morgan fingerprint density at radius 2 is 1.64 bits per heavy atom. The van der Waals surface area contributed by atoms with Gasteiger partial charge >= 0.3 is 0 Å². The topological polar surface area (TPSA) is 107 Å². The highest BCUT2D eigenvalue weighted by Gasteiger charge is 2.31. The highest BCUT2D eigenvalue weighted by Crippen LogP contribution is 2.33. The molecule has 0 aromatic heterocycles. The molecule has 3 aromatic carbocycles. The predicted molar refractivity (Wildman–Crippen MR) is 142 cm³/mol. The summed E-state index contributed by atoms with van der Waals surface area (Å²) in [6, 6.07) is 18.6. The molecule has 3 aromatic rings. The Morgan fingerprint density at radius 3 is 2.28 bits per heavy atom. The van der Waals surface area contributed by atoms with Gasteiger partial charge in [0.2, 0.25) is 0 Å². The van der Waals surface area contributed by atoms with E-state index in [2.05, 4.69) is 5.32 Å². The number of amides is 1. The number of sulfonamides is 1. The summed E-state index contributed by atoms with van der Waals surface area (Å²) in [7, 11) is -4.04. The van der Waals surface area contributed by atoms with Gasteiger partial charge in [0, 0.05) is 28.2 Å². The SMILES string of the molecule is C[C@H](CCCNC(=O)[C@@H](O)c1ccccc1)N(c1cc(Cl)ccc1CO)S(=O)(=O)c1ccc(Cl)cc1. The number of aliphatic hydroxyl groups is 2. The molecule has 10 heteroatoms. The normalized spacial score (nSPS) is 13.1. The molecule has 0 saturated heterocycles. The Hall–Kier alpha value is -2.62. The minimum Gasteiger partial charge on any atom is -0.392 e. The lowest BCUT2D eigenvalue weighted by molar-refractivity contribution is -0.129. The molecule has 3 rings (SSSR count). The van der Waals surface area contributed by atoms with Crippen LogP contribution in [0.15, 0.2) is 77.7 Å². The summed E-state index contributed by atoms with van der Waals surface area (Å²) in [6.07, 6.45) is -0.467. The van der Waals surface area contributed by atoms with Crippen LogP contribution >= 0.6 is 23.2 Å². The van der Waals surface area contributed by atoms with Crippen molar-refractivity contribution >= 4 is 44.8 Å². The zero-order chi connectivity index (χ0) is 26.3. The Labute approximate surface area is 221 Å². The van der Waals surface area contributed by atoms with Crippen LogP contribution in [0, 0.1) is 0 Å². The molecule has 0 bridgehead atoms. The molecule has 0 heterocycles. The van der Waals surface area contributed by atoms with Crippen LogP contribution in [0.2, 0.25) is 10.0 Å². The zero-order valence-corrected chi connectivity index (χ0v) is 22.0. The van der Waals surface area contributed by atoms with Crippen LogP contribution in [0.25, 0.3) is 0 Å². The van der Waals surface area contributed by atoms with Crippen molar-refractivity contribution in [1.82, 2.24) is 5.32 Å². The number of carbonyl (C=O) groups excluding carboxylic acids is 1. The minimum absolute atomic E-state index is 0.0434. The molecule has 192 valence electrons. The molecule has 0 saturated carbocycles. The maximum Gasteiger partial charge on any atom is 0.264 e. The van der Waals surface area contributed by atoms with Crippen LogP contribution in [-0.2, 0) is 21.4 Å². The van der Waals surface area contributed by atoms with Crippen molar-refractivity contribution in [3.05, 3.63) is 94.0 Å². The number of nitrogens with zero attached hydrogens (tertiary/aromatic N) is 1. The van der Waals surface area contributed by atoms with E-state index in [-0.39, 0.29) is 23.7 Å².